The number of benzene rings is 1. The average Bonchev–Trinajstić information content (AvgIpc) is 3.34. The first-order valence-electron chi connectivity index (χ1n) is 11.4. The number of piperidine rings is 1. The van der Waals surface area contributed by atoms with Gasteiger partial charge in [0.25, 0.3) is 5.56 Å². The summed E-state index contributed by atoms with van der Waals surface area (Å²) in [4.78, 5) is 45.8. The van der Waals surface area contributed by atoms with Crippen molar-refractivity contribution in [3.8, 4) is 0 Å². The summed E-state index contributed by atoms with van der Waals surface area (Å²) in [5.74, 6) is 0.0808. The van der Waals surface area contributed by atoms with Crippen molar-refractivity contribution in [2.45, 2.75) is 44.6 Å². The predicted molar refractivity (Wildman–Crippen MR) is 118 cm³/mol. The number of carbonyl (C=O) groups excluding carboxylic acids is 2. The van der Waals surface area contributed by atoms with Gasteiger partial charge in [0.2, 0.25) is 11.8 Å². The first kappa shape index (κ1) is 20.0. The van der Waals surface area contributed by atoms with Crippen LogP contribution in [-0.4, -0.2) is 59.0 Å². The zero-order valence-corrected chi connectivity index (χ0v) is 17.8. The van der Waals surface area contributed by atoms with Crippen molar-refractivity contribution >= 4 is 28.4 Å². The third kappa shape index (κ3) is 3.91. The molecule has 8 nitrogen and oxygen atoms in total. The molecule has 3 aliphatic rings. The fourth-order valence-corrected chi connectivity index (χ4v) is 5.15. The Bertz CT molecular complexity index is 1040. The Balaban J connectivity index is 1.26. The Kier molecular flexibility index (Phi) is 5.38. The number of aromatic nitrogens is 2. The molecule has 2 saturated heterocycles. The summed E-state index contributed by atoms with van der Waals surface area (Å²) >= 11 is 0. The van der Waals surface area contributed by atoms with Crippen LogP contribution in [0.3, 0.4) is 0 Å². The van der Waals surface area contributed by atoms with E-state index in [-0.39, 0.29) is 29.3 Å². The monoisotopic (exact) mass is 423 g/mol. The highest BCUT2D eigenvalue weighted by atomic mass is 16.2. The van der Waals surface area contributed by atoms with Crippen LogP contribution in [0, 0.1) is 5.92 Å². The molecule has 2 aromatic rings. The third-order valence-corrected chi connectivity index (χ3v) is 7.06. The molecule has 2 aliphatic heterocycles. The lowest BCUT2D eigenvalue weighted by molar-refractivity contribution is -0.137. The molecule has 1 aromatic carbocycles. The van der Waals surface area contributed by atoms with Crippen molar-refractivity contribution in [2.24, 2.45) is 5.92 Å². The van der Waals surface area contributed by atoms with Gasteiger partial charge in [-0.2, -0.15) is 0 Å². The summed E-state index contributed by atoms with van der Waals surface area (Å²) < 4.78 is 1.81. The molecule has 1 aromatic heterocycles. The van der Waals surface area contributed by atoms with Crippen molar-refractivity contribution in [3.05, 3.63) is 34.9 Å². The minimum atomic E-state index is -0.101. The molecule has 0 radical (unpaired) electrons. The molecule has 3 heterocycles. The maximum atomic E-state index is 12.9. The van der Waals surface area contributed by atoms with Crippen LogP contribution in [-0.2, 0) is 9.59 Å². The van der Waals surface area contributed by atoms with Gasteiger partial charge in [-0.05, 0) is 37.5 Å². The number of carbonyl (C=O) groups is 2. The van der Waals surface area contributed by atoms with Crippen molar-refractivity contribution in [1.82, 2.24) is 19.8 Å². The van der Waals surface area contributed by atoms with E-state index in [9.17, 15) is 14.4 Å². The SMILES string of the molecule is O=C1CCC(C(=O)N2CCN(c3ccc4c(=O)n(C5CCCC5)cnc4c3)CC2)CN1. The van der Waals surface area contributed by atoms with Gasteiger partial charge in [0.05, 0.1) is 23.1 Å². The molecular weight excluding hydrogens is 394 g/mol. The van der Waals surface area contributed by atoms with E-state index in [0.29, 0.717) is 37.9 Å². The summed E-state index contributed by atoms with van der Waals surface area (Å²) in [7, 11) is 0. The minimum absolute atomic E-state index is 0.0359. The number of nitrogens with zero attached hydrogens (tertiary/aromatic N) is 4. The van der Waals surface area contributed by atoms with Crippen LogP contribution in [0.15, 0.2) is 29.3 Å². The van der Waals surface area contributed by atoms with Gasteiger partial charge < -0.3 is 15.1 Å². The first-order valence-corrected chi connectivity index (χ1v) is 11.4. The van der Waals surface area contributed by atoms with Crippen LogP contribution in [0.5, 0.6) is 0 Å². The second-order valence-electron chi connectivity index (χ2n) is 8.95. The highest BCUT2D eigenvalue weighted by Crippen LogP contribution is 2.29. The second kappa shape index (κ2) is 8.32. The number of amides is 2. The van der Waals surface area contributed by atoms with Gasteiger partial charge in [-0.15, -0.1) is 0 Å². The number of piperazine rings is 1. The Morgan fingerprint density at radius 1 is 1.03 bits per heavy atom. The summed E-state index contributed by atoms with van der Waals surface area (Å²) in [5.41, 5.74) is 1.82. The molecule has 1 N–H and O–H groups in total. The van der Waals surface area contributed by atoms with Gasteiger partial charge in [0, 0.05) is 50.9 Å². The number of hydrogen-bond donors (Lipinski definition) is 1. The minimum Gasteiger partial charge on any atom is -0.368 e. The molecule has 1 atom stereocenters. The number of fused-ring (bicyclic) bond motifs is 1. The van der Waals surface area contributed by atoms with E-state index in [0.717, 1.165) is 37.1 Å². The van der Waals surface area contributed by atoms with E-state index in [1.807, 2.05) is 27.7 Å². The Morgan fingerprint density at radius 3 is 2.52 bits per heavy atom. The van der Waals surface area contributed by atoms with E-state index in [1.165, 1.54) is 12.8 Å². The van der Waals surface area contributed by atoms with Gasteiger partial charge in [0.15, 0.2) is 0 Å². The van der Waals surface area contributed by atoms with Crippen LogP contribution in [0.2, 0.25) is 0 Å². The zero-order valence-electron chi connectivity index (χ0n) is 17.8. The zero-order chi connectivity index (χ0) is 21.4. The topological polar surface area (TPSA) is 87.5 Å². The lowest BCUT2D eigenvalue weighted by Crippen LogP contribution is -2.52. The van der Waals surface area contributed by atoms with Crippen LogP contribution in [0.1, 0.15) is 44.6 Å². The van der Waals surface area contributed by atoms with Crippen molar-refractivity contribution in [1.29, 1.82) is 0 Å². The standard InChI is InChI=1S/C23H29N5O3/c29-21-8-5-16(14-24-21)22(30)27-11-9-26(10-12-27)18-6-7-19-20(13-18)25-15-28(23(19)31)17-3-1-2-4-17/h6-7,13,15-17H,1-5,8-12,14H2,(H,24,29). The molecule has 3 fully saturated rings. The summed E-state index contributed by atoms with van der Waals surface area (Å²) in [6.45, 7) is 3.27. The average molecular weight is 424 g/mol. The van der Waals surface area contributed by atoms with Gasteiger partial charge in [-0.3, -0.25) is 19.0 Å². The molecule has 1 unspecified atom stereocenters. The normalized spacial score (nSPS) is 22.7. The Morgan fingerprint density at radius 2 is 1.81 bits per heavy atom. The second-order valence-corrected chi connectivity index (χ2v) is 8.95. The largest absolute Gasteiger partial charge is 0.368 e. The molecule has 5 rings (SSSR count). The molecule has 31 heavy (non-hydrogen) atoms. The van der Waals surface area contributed by atoms with Gasteiger partial charge in [-0.25, -0.2) is 4.98 Å². The van der Waals surface area contributed by atoms with Crippen LogP contribution in [0.4, 0.5) is 5.69 Å². The lowest BCUT2D eigenvalue weighted by Gasteiger charge is -2.38. The van der Waals surface area contributed by atoms with Crippen molar-refractivity contribution in [3.63, 3.8) is 0 Å². The smallest absolute Gasteiger partial charge is 0.261 e. The fraction of sp³-hybridized carbons (Fsp3) is 0.565. The number of nitrogens with one attached hydrogen (secondary N) is 1. The summed E-state index contributed by atoms with van der Waals surface area (Å²) in [6.07, 6.45) is 7.26. The van der Waals surface area contributed by atoms with Gasteiger partial charge in [0.1, 0.15) is 0 Å². The summed E-state index contributed by atoms with van der Waals surface area (Å²) in [6, 6.07) is 6.17. The van der Waals surface area contributed by atoms with E-state index in [4.69, 9.17) is 0 Å². The fourth-order valence-electron chi connectivity index (χ4n) is 5.15. The molecule has 1 saturated carbocycles. The van der Waals surface area contributed by atoms with Crippen LogP contribution >= 0.6 is 0 Å². The quantitative estimate of drug-likeness (QED) is 0.812. The predicted octanol–water partition coefficient (Wildman–Crippen LogP) is 1.69. The summed E-state index contributed by atoms with van der Waals surface area (Å²) in [5, 5.41) is 3.47. The maximum absolute atomic E-state index is 12.9. The van der Waals surface area contributed by atoms with Crippen LogP contribution in [0.25, 0.3) is 10.9 Å². The van der Waals surface area contributed by atoms with Crippen molar-refractivity contribution in [2.75, 3.05) is 37.6 Å². The Hall–Kier alpha value is -2.90. The molecule has 0 spiro atoms. The lowest BCUT2D eigenvalue weighted by atomic mass is 9.97. The number of hydrogen-bond acceptors (Lipinski definition) is 5. The first-order chi connectivity index (χ1) is 15.1. The number of anilines is 1. The van der Waals surface area contributed by atoms with E-state index < -0.39 is 0 Å². The van der Waals surface area contributed by atoms with E-state index in [2.05, 4.69) is 15.2 Å². The van der Waals surface area contributed by atoms with Gasteiger partial charge in [-0.1, -0.05) is 12.8 Å². The van der Waals surface area contributed by atoms with Crippen LogP contribution < -0.4 is 15.8 Å². The molecule has 8 heteroatoms. The third-order valence-electron chi connectivity index (χ3n) is 7.06. The highest BCUT2D eigenvalue weighted by Gasteiger charge is 2.30. The molecule has 2 amide bonds. The van der Waals surface area contributed by atoms with Crippen molar-refractivity contribution < 1.29 is 9.59 Å². The van der Waals surface area contributed by atoms with E-state index >= 15 is 0 Å². The maximum Gasteiger partial charge on any atom is 0.261 e. The van der Waals surface area contributed by atoms with Gasteiger partial charge >= 0.3 is 0 Å². The highest BCUT2D eigenvalue weighted by molar-refractivity contribution is 5.84. The molecule has 0 bridgehead atoms. The van der Waals surface area contributed by atoms with E-state index in [1.54, 1.807) is 6.33 Å². The molecule has 1 aliphatic carbocycles. The number of rotatable bonds is 3. The molecule has 164 valence electrons. The Labute approximate surface area is 181 Å². The molecular formula is C23H29N5O3.